The van der Waals surface area contributed by atoms with Crippen LogP contribution in [0.15, 0.2) is 47.7 Å². The third-order valence-corrected chi connectivity index (χ3v) is 6.76. The van der Waals surface area contributed by atoms with E-state index in [4.69, 9.17) is 16.3 Å². The van der Waals surface area contributed by atoms with Crippen LogP contribution in [0.4, 0.5) is 23.7 Å². The molecule has 0 saturated heterocycles. The number of carbonyl (C=O) groups is 2. The number of amides is 2. The standard InChI is InChI=1S/C25H22ClF3N8O4/c1-3-17(23(39)32-16-10-31-37-19(16)6-7-30-24(37)40)35-11-20(41-2)15(9-22(35)38)14-8-13(26)4-5-18(14)36-12-21(33-34-36)25(27,28)29/h4-5,8-12,17H,3,6-7H2,1-2H3,(H,30,40)(H,32,39)/t17-/m0/s1. The first kappa shape index (κ1) is 27.9. The van der Waals surface area contributed by atoms with E-state index in [0.717, 1.165) is 10.9 Å². The van der Waals surface area contributed by atoms with Crippen LogP contribution in [-0.2, 0) is 17.4 Å². The molecular weight excluding hydrogens is 569 g/mol. The number of anilines is 1. The molecule has 1 aromatic carbocycles. The number of alkyl halides is 3. The number of fused-ring (bicyclic) bond motifs is 1. The summed E-state index contributed by atoms with van der Waals surface area (Å²) < 4.78 is 48.3. The molecule has 2 N–H and O–H groups in total. The van der Waals surface area contributed by atoms with Crippen molar-refractivity contribution >= 4 is 29.2 Å². The highest BCUT2D eigenvalue weighted by Crippen LogP contribution is 2.36. The number of benzene rings is 1. The summed E-state index contributed by atoms with van der Waals surface area (Å²) in [5, 5.41) is 16.5. The van der Waals surface area contributed by atoms with Gasteiger partial charge < -0.3 is 15.4 Å². The van der Waals surface area contributed by atoms with Crippen LogP contribution in [0.5, 0.6) is 5.75 Å². The summed E-state index contributed by atoms with van der Waals surface area (Å²) in [6, 6.07) is 4.18. The van der Waals surface area contributed by atoms with Gasteiger partial charge in [-0.2, -0.15) is 23.0 Å². The second-order valence-electron chi connectivity index (χ2n) is 9.02. The van der Waals surface area contributed by atoms with E-state index in [1.807, 2.05) is 0 Å². The zero-order valence-electron chi connectivity index (χ0n) is 21.6. The van der Waals surface area contributed by atoms with Crippen molar-refractivity contribution in [3.8, 4) is 22.6 Å². The molecule has 4 heterocycles. The van der Waals surface area contributed by atoms with E-state index in [-0.39, 0.29) is 34.0 Å². The van der Waals surface area contributed by atoms with E-state index in [2.05, 4.69) is 26.0 Å². The van der Waals surface area contributed by atoms with Gasteiger partial charge >= 0.3 is 12.2 Å². The molecule has 41 heavy (non-hydrogen) atoms. The van der Waals surface area contributed by atoms with Gasteiger partial charge in [-0.3, -0.25) is 14.2 Å². The number of hydrogen-bond donors (Lipinski definition) is 2. The lowest BCUT2D eigenvalue weighted by Crippen LogP contribution is -2.38. The summed E-state index contributed by atoms with van der Waals surface area (Å²) in [4.78, 5) is 38.7. The van der Waals surface area contributed by atoms with Gasteiger partial charge in [0.25, 0.3) is 5.56 Å². The highest BCUT2D eigenvalue weighted by Gasteiger charge is 2.35. The third-order valence-electron chi connectivity index (χ3n) is 6.53. The molecule has 12 nitrogen and oxygen atoms in total. The molecule has 1 aliphatic rings. The van der Waals surface area contributed by atoms with Crippen LogP contribution in [0.1, 0.15) is 30.8 Å². The van der Waals surface area contributed by atoms with Crippen molar-refractivity contribution in [3.05, 3.63) is 69.6 Å². The molecule has 0 bridgehead atoms. The number of nitrogens with zero attached hydrogens (tertiary/aromatic N) is 6. The van der Waals surface area contributed by atoms with E-state index in [9.17, 15) is 27.6 Å². The summed E-state index contributed by atoms with van der Waals surface area (Å²) in [5.74, 6) is -0.368. The number of pyridine rings is 1. The van der Waals surface area contributed by atoms with Gasteiger partial charge in [0, 0.05) is 35.2 Å². The fraction of sp³-hybridized carbons (Fsp3) is 0.280. The van der Waals surface area contributed by atoms with Crippen molar-refractivity contribution in [1.82, 2.24) is 34.7 Å². The first-order chi connectivity index (χ1) is 19.5. The lowest BCUT2D eigenvalue weighted by Gasteiger charge is -2.21. The molecule has 1 aliphatic heterocycles. The zero-order chi connectivity index (χ0) is 29.5. The molecule has 0 radical (unpaired) electrons. The molecule has 4 aromatic rings. The maximum absolute atomic E-state index is 13.4. The van der Waals surface area contributed by atoms with Crippen molar-refractivity contribution in [2.45, 2.75) is 32.0 Å². The Morgan fingerprint density at radius 1 is 1.22 bits per heavy atom. The molecule has 2 amide bonds. The zero-order valence-corrected chi connectivity index (χ0v) is 22.3. The van der Waals surface area contributed by atoms with Gasteiger partial charge in [-0.15, -0.1) is 5.10 Å². The number of carbonyl (C=O) groups excluding carboxylic acids is 2. The number of rotatable bonds is 7. The lowest BCUT2D eigenvalue weighted by molar-refractivity contribution is -0.141. The van der Waals surface area contributed by atoms with Crippen LogP contribution in [0.3, 0.4) is 0 Å². The topological polar surface area (TPSA) is 138 Å². The maximum atomic E-state index is 13.4. The van der Waals surface area contributed by atoms with Gasteiger partial charge in [-0.05, 0) is 24.6 Å². The minimum Gasteiger partial charge on any atom is -0.495 e. The van der Waals surface area contributed by atoms with Crippen LogP contribution in [0.2, 0.25) is 5.02 Å². The number of halogens is 4. The van der Waals surface area contributed by atoms with Gasteiger partial charge in [-0.25, -0.2) is 9.48 Å². The van der Waals surface area contributed by atoms with Gasteiger partial charge in [0.1, 0.15) is 11.8 Å². The highest BCUT2D eigenvalue weighted by atomic mass is 35.5. The van der Waals surface area contributed by atoms with Crippen molar-refractivity contribution in [3.63, 3.8) is 0 Å². The molecular formula is C25H22ClF3N8O4. The molecule has 0 unspecified atom stereocenters. The van der Waals surface area contributed by atoms with E-state index >= 15 is 0 Å². The molecule has 16 heteroatoms. The Balaban J connectivity index is 1.52. The minimum atomic E-state index is -4.71. The molecule has 0 fully saturated rings. The second-order valence-corrected chi connectivity index (χ2v) is 9.46. The van der Waals surface area contributed by atoms with Crippen LogP contribution in [0, 0.1) is 0 Å². The van der Waals surface area contributed by atoms with Crippen LogP contribution >= 0.6 is 11.6 Å². The Morgan fingerprint density at radius 2 is 2.00 bits per heavy atom. The Labute approximate surface area is 234 Å². The Hall–Kier alpha value is -4.66. The summed E-state index contributed by atoms with van der Waals surface area (Å²) in [6.45, 7) is 2.11. The maximum Gasteiger partial charge on any atom is 0.436 e. The molecule has 1 atom stereocenters. The average molecular weight is 591 g/mol. The summed E-state index contributed by atoms with van der Waals surface area (Å²) in [5.41, 5.74) is -0.269. The highest BCUT2D eigenvalue weighted by molar-refractivity contribution is 6.31. The van der Waals surface area contributed by atoms with Gasteiger partial charge in [0.15, 0.2) is 5.69 Å². The van der Waals surface area contributed by atoms with E-state index in [1.165, 1.54) is 53.0 Å². The number of methoxy groups -OCH3 is 1. The van der Waals surface area contributed by atoms with Crippen molar-refractivity contribution in [2.24, 2.45) is 0 Å². The van der Waals surface area contributed by atoms with Gasteiger partial charge in [0.2, 0.25) is 5.91 Å². The van der Waals surface area contributed by atoms with E-state index < -0.39 is 35.4 Å². The molecule has 214 valence electrons. The lowest BCUT2D eigenvalue weighted by atomic mass is 10.0. The molecule has 3 aromatic heterocycles. The van der Waals surface area contributed by atoms with Gasteiger partial charge in [0.05, 0.1) is 42.8 Å². The first-order valence-corrected chi connectivity index (χ1v) is 12.7. The van der Waals surface area contributed by atoms with Crippen LogP contribution in [0.25, 0.3) is 16.8 Å². The fourth-order valence-electron chi connectivity index (χ4n) is 4.56. The predicted molar refractivity (Wildman–Crippen MR) is 140 cm³/mol. The molecule has 0 aliphatic carbocycles. The van der Waals surface area contributed by atoms with Crippen LogP contribution in [-0.4, -0.2) is 54.9 Å². The predicted octanol–water partition coefficient (Wildman–Crippen LogP) is 3.68. The second kappa shape index (κ2) is 10.7. The third kappa shape index (κ3) is 5.27. The van der Waals surface area contributed by atoms with Crippen molar-refractivity contribution in [2.75, 3.05) is 19.0 Å². The minimum absolute atomic E-state index is 0.148. The Morgan fingerprint density at radius 3 is 2.68 bits per heavy atom. The smallest absolute Gasteiger partial charge is 0.436 e. The average Bonchev–Trinajstić information content (AvgIpc) is 3.59. The van der Waals surface area contributed by atoms with E-state index in [0.29, 0.717) is 24.3 Å². The quantitative estimate of drug-likeness (QED) is 0.335. The number of ether oxygens (including phenoxy) is 1. The Kier molecular flexibility index (Phi) is 7.29. The normalized spacial score (nSPS) is 13.9. The summed E-state index contributed by atoms with van der Waals surface area (Å²) in [7, 11) is 1.35. The Bertz CT molecular complexity index is 1710. The number of aromatic nitrogens is 6. The van der Waals surface area contributed by atoms with Crippen molar-refractivity contribution in [1.29, 1.82) is 0 Å². The van der Waals surface area contributed by atoms with E-state index in [1.54, 1.807) is 6.92 Å². The molecule has 0 spiro atoms. The van der Waals surface area contributed by atoms with Gasteiger partial charge in [-0.1, -0.05) is 23.7 Å². The summed E-state index contributed by atoms with van der Waals surface area (Å²) >= 11 is 6.21. The van der Waals surface area contributed by atoms with Crippen LogP contribution < -0.4 is 20.9 Å². The fourth-order valence-corrected chi connectivity index (χ4v) is 4.73. The number of hydrogen-bond acceptors (Lipinski definition) is 7. The molecule has 5 rings (SSSR count). The molecule has 0 saturated carbocycles. The largest absolute Gasteiger partial charge is 0.495 e. The number of nitrogens with one attached hydrogen (secondary N) is 2. The first-order valence-electron chi connectivity index (χ1n) is 12.3. The van der Waals surface area contributed by atoms with Crippen molar-refractivity contribution < 1.29 is 27.5 Å². The summed E-state index contributed by atoms with van der Waals surface area (Å²) in [6.07, 6.45) is -0.594. The monoisotopic (exact) mass is 590 g/mol. The SMILES string of the molecule is CC[C@@H](C(=O)Nc1cnn2c1CCNC2=O)n1cc(OC)c(-c2cc(Cl)ccc2-n2cc(C(F)(F)F)nn2)cc1=O.